The summed E-state index contributed by atoms with van der Waals surface area (Å²) in [6.07, 6.45) is 9.47. The van der Waals surface area contributed by atoms with E-state index in [0.717, 1.165) is 63.0 Å². The molecular weight excluding hydrogens is 364 g/mol. The zero-order chi connectivity index (χ0) is 20.1. The van der Waals surface area contributed by atoms with Crippen molar-refractivity contribution in [3.8, 4) is 6.07 Å². The van der Waals surface area contributed by atoms with Crippen molar-refractivity contribution in [2.75, 3.05) is 25.0 Å². The van der Waals surface area contributed by atoms with Gasteiger partial charge in [-0.3, -0.25) is 9.69 Å². The van der Waals surface area contributed by atoms with E-state index in [2.05, 4.69) is 26.4 Å². The lowest BCUT2D eigenvalue weighted by Gasteiger charge is -2.36. The van der Waals surface area contributed by atoms with Crippen molar-refractivity contribution in [2.24, 2.45) is 0 Å². The van der Waals surface area contributed by atoms with Gasteiger partial charge >= 0.3 is 0 Å². The zero-order valence-corrected chi connectivity index (χ0v) is 16.8. The molecule has 0 aromatic carbocycles. The van der Waals surface area contributed by atoms with Crippen molar-refractivity contribution in [2.45, 2.75) is 57.5 Å². The highest BCUT2D eigenvalue weighted by Gasteiger charge is 2.23. The smallest absolute Gasteiger partial charge is 0.267 e. The van der Waals surface area contributed by atoms with Gasteiger partial charge in [0.1, 0.15) is 11.9 Å². The highest BCUT2D eigenvalue weighted by Crippen LogP contribution is 2.19. The zero-order valence-electron chi connectivity index (χ0n) is 16.8. The summed E-state index contributed by atoms with van der Waals surface area (Å²) in [5.74, 6) is 0.646. The quantitative estimate of drug-likeness (QED) is 0.812. The number of aryl methyl sites for hydroxylation is 2. The number of likely N-dealkylation sites (tertiary alicyclic amines) is 1. The number of piperidine rings is 1. The fourth-order valence-corrected chi connectivity index (χ4v) is 4.42. The summed E-state index contributed by atoms with van der Waals surface area (Å²) in [5, 5.41) is 17.3. The Morgan fingerprint density at radius 3 is 3.00 bits per heavy atom. The summed E-state index contributed by atoms with van der Waals surface area (Å²) in [7, 11) is 0. The summed E-state index contributed by atoms with van der Waals surface area (Å²) in [6.45, 7) is 3.21. The number of fused-ring (bicyclic) bond motifs is 1. The van der Waals surface area contributed by atoms with E-state index in [1.54, 1.807) is 29.1 Å². The minimum Gasteiger partial charge on any atom is -0.367 e. The number of hydrogen-bond donors (Lipinski definition) is 1. The van der Waals surface area contributed by atoms with Crippen LogP contribution in [0.15, 0.2) is 29.2 Å². The highest BCUT2D eigenvalue weighted by atomic mass is 16.1. The van der Waals surface area contributed by atoms with Crippen molar-refractivity contribution in [3.05, 3.63) is 51.6 Å². The molecule has 1 unspecified atom stereocenters. The van der Waals surface area contributed by atoms with Crippen molar-refractivity contribution in [1.82, 2.24) is 19.7 Å². The fraction of sp³-hybridized carbons (Fsp3) is 0.545. The third-order valence-corrected chi connectivity index (χ3v) is 6.06. The first-order chi connectivity index (χ1) is 14.2. The number of nitrogens with one attached hydrogen (secondary N) is 1. The van der Waals surface area contributed by atoms with Gasteiger partial charge in [-0.25, -0.2) is 9.67 Å². The minimum absolute atomic E-state index is 0.0180. The highest BCUT2D eigenvalue weighted by molar-refractivity contribution is 5.51. The third kappa shape index (κ3) is 4.65. The van der Waals surface area contributed by atoms with E-state index in [0.29, 0.717) is 24.0 Å². The first-order valence-electron chi connectivity index (χ1n) is 10.7. The Balaban J connectivity index is 1.39. The normalized spacial score (nSPS) is 19.3. The first-order valence-corrected chi connectivity index (χ1v) is 10.7. The van der Waals surface area contributed by atoms with Crippen molar-refractivity contribution in [3.63, 3.8) is 0 Å². The van der Waals surface area contributed by atoms with Crippen LogP contribution in [0.1, 0.15) is 48.9 Å². The number of aromatic nitrogens is 3. The average molecular weight is 393 g/mol. The predicted molar refractivity (Wildman–Crippen MR) is 112 cm³/mol. The molecule has 0 bridgehead atoms. The van der Waals surface area contributed by atoms with Crippen LogP contribution in [0, 0.1) is 11.3 Å². The van der Waals surface area contributed by atoms with Crippen LogP contribution >= 0.6 is 0 Å². The molecule has 1 saturated heterocycles. The molecule has 152 valence electrons. The molecule has 4 rings (SSSR count). The number of pyridine rings is 1. The van der Waals surface area contributed by atoms with Gasteiger partial charge in [-0.15, -0.1) is 0 Å². The van der Waals surface area contributed by atoms with Gasteiger partial charge in [-0.1, -0.05) is 6.42 Å². The number of anilines is 1. The van der Waals surface area contributed by atoms with Gasteiger partial charge in [0.15, 0.2) is 0 Å². The maximum Gasteiger partial charge on any atom is 0.267 e. The van der Waals surface area contributed by atoms with Crippen LogP contribution in [-0.2, 0) is 19.4 Å². The van der Waals surface area contributed by atoms with E-state index in [1.807, 2.05) is 0 Å². The van der Waals surface area contributed by atoms with E-state index in [-0.39, 0.29) is 5.56 Å². The number of hydrogen-bond acceptors (Lipinski definition) is 6. The molecular formula is C22H28N6O. The average Bonchev–Trinajstić information content (AvgIpc) is 2.77. The summed E-state index contributed by atoms with van der Waals surface area (Å²) in [4.78, 5) is 19.2. The topological polar surface area (TPSA) is 86.8 Å². The second-order valence-electron chi connectivity index (χ2n) is 7.96. The molecule has 1 N–H and O–H groups in total. The molecule has 0 amide bonds. The summed E-state index contributed by atoms with van der Waals surface area (Å²) >= 11 is 0. The number of rotatable bonds is 6. The number of nitriles is 1. The lowest BCUT2D eigenvalue weighted by molar-refractivity contribution is 0.147. The molecule has 2 aromatic heterocycles. The standard InChI is InChI=1S/C22H28N6O/c23-15-18-7-5-10-24-22(18)25-16-19-8-3-4-11-27(19)12-13-28-21(29)14-17-6-1-2-9-20(17)26-28/h5,7,10,14,19H,1-4,6,8-9,11-13,16H2,(H,24,25). The Morgan fingerprint density at radius 2 is 2.10 bits per heavy atom. The molecule has 0 radical (unpaired) electrons. The van der Waals surface area contributed by atoms with Gasteiger partial charge < -0.3 is 5.32 Å². The SMILES string of the molecule is N#Cc1cccnc1NCC1CCCCN1CCn1nc2c(cc1=O)CCCC2. The van der Waals surface area contributed by atoms with Crippen LogP contribution in [0.3, 0.4) is 0 Å². The van der Waals surface area contributed by atoms with Gasteiger partial charge in [0, 0.05) is 31.4 Å². The molecule has 7 heteroatoms. The fourth-order valence-electron chi connectivity index (χ4n) is 4.42. The second kappa shape index (κ2) is 9.19. The molecule has 0 saturated carbocycles. The Bertz CT molecular complexity index is 947. The summed E-state index contributed by atoms with van der Waals surface area (Å²) < 4.78 is 1.65. The van der Waals surface area contributed by atoms with Crippen LogP contribution < -0.4 is 10.9 Å². The Kier molecular flexibility index (Phi) is 6.20. The van der Waals surface area contributed by atoms with Crippen LogP contribution in [0.2, 0.25) is 0 Å². The van der Waals surface area contributed by atoms with Crippen LogP contribution in [0.4, 0.5) is 5.82 Å². The lowest BCUT2D eigenvalue weighted by Crippen LogP contribution is -2.46. The first kappa shape index (κ1) is 19.6. The molecule has 7 nitrogen and oxygen atoms in total. The maximum absolute atomic E-state index is 12.5. The molecule has 3 heterocycles. The second-order valence-corrected chi connectivity index (χ2v) is 7.96. The van der Waals surface area contributed by atoms with Gasteiger partial charge in [0.25, 0.3) is 5.56 Å². The number of nitrogens with zero attached hydrogens (tertiary/aromatic N) is 5. The molecule has 2 aromatic rings. The van der Waals surface area contributed by atoms with Gasteiger partial charge in [-0.05, 0) is 62.8 Å². The van der Waals surface area contributed by atoms with Gasteiger partial charge in [0.05, 0.1) is 17.8 Å². The third-order valence-electron chi connectivity index (χ3n) is 6.06. The van der Waals surface area contributed by atoms with E-state index in [9.17, 15) is 10.1 Å². The van der Waals surface area contributed by atoms with Gasteiger partial charge in [0.2, 0.25) is 0 Å². The van der Waals surface area contributed by atoms with Crippen LogP contribution in [0.25, 0.3) is 0 Å². The van der Waals surface area contributed by atoms with Crippen molar-refractivity contribution in [1.29, 1.82) is 5.26 Å². The molecule has 1 aliphatic carbocycles. The van der Waals surface area contributed by atoms with Gasteiger partial charge in [-0.2, -0.15) is 10.4 Å². The Labute approximate surface area is 171 Å². The minimum atomic E-state index is 0.0180. The molecule has 1 atom stereocenters. The Hall–Kier alpha value is -2.72. The Morgan fingerprint density at radius 1 is 1.21 bits per heavy atom. The van der Waals surface area contributed by atoms with E-state index in [1.165, 1.54) is 12.8 Å². The lowest BCUT2D eigenvalue weighted by atomic mass is 9.97. The van der Waals surface area contributed by atoms with E-state index >= 15 is 0 Å². The molecule has 29 heavy (non-hydrogen) atoms. The summed E-state index contributed by atoms with van der Waals surface area (Å²) in [5.41, 5.74) is 2.83. The maximum atomic E-state index is 12.5. The van der Waals surface area contributed by atoms with Crippen LogP contribution in [0.5, 0.6) is 0 Å². The molecule has 1 fully saturated rings. The molecule has 2 aliphatic rings. The largest absolute Gasteiger partial charge is 0.367 e. The van der Waals surface area contributed by atoms with Crippen LogP contribution in [-0.4, -0.2) is 45.3 Å². The van der Waals surface area contributed by atoms with Crippen molar-refractivity contribution >= 4 is 5.82 Å². The van der Waals surface area contributed by atoms with Crippen molar-refractivity contribution < 1.29 is 0 Å². The monoisotopic (exact) mass is 392 g/mol. The predicted octanol–water partition coefficient (Wildman–Crippen LogP) is 2.36. The molecule has 0 spiro atoms. The molecule has 1 aliphatic heterocycles. The summed E-state index contributed by atoms with van der Waals surface area (Å²) in [6, 6.07) is 7.90. The van der Waals surface area contributed by atoms with E-state index in [4.69, 9.17) is 0 Å². The van der Waals surface area contributed by atoms with E-state index < -0.39 is 0 Å².